The smallest absolute Gasteiger partial charge is 0.331 e. The lowest BCUT2D eigenvalue weighted by atomic mass is 10.1. The molecule has 30 heavy (non-hydrogen) atoms. The molecule has 0 unspecified atom stereocenters. The summed E-state index contributed by atoms with van der Waals surface area (Å²) in [6.07, 6.45) is 1.24. The minimum absolute atomic E-state index is 0.197. The van der Waals surface area contributed by atoms with Gasteiger partial charge in [-0.1, -0.05) is 13.8 Å². The van der Waals surface area contributed by atoms with E-state index < -0.39 is 42.4 Å². The molecule has 0 aliphatic carbocycles. The van der Waals surface area contributed by atoms with E-state index in [2.05, 4.69) is 0 Å². The predicted molar refractivity (Wildman–Crippen MR) is 102 cm³/mol. The summed E-state index contributed by atoms with van der Waals surface area (Å²) in [6, 6.07) is 3.04. The fraction of sp³-hybridized carbons (Fsp3) is 0.500. The number of hydrogen-bond acceptors (Lipinski definition) is 8. The molecule has 1 aromatic heterocycles. The van der Waals surface area contributed by atoms with Gasteiger partial charge in [-0.05, 0) is 18.9 Å². The van der Waals surface area contributed by atoms with Gasteiger partial charge in [0.15, 0.2) is 18.5 Å². The zero-order valence-corrected chi connectivity index (χ0v) is 16.8. The standard InChI is InChI=1S/C20H26N2O8/c1-3-13(4-2)29-16(24)8-7-15(23)28-11-14-17(25)18(26)20(30-14)22-9-5-6-12(10-22)19(21)27/h5-10,13-14,17-18,20,25-26H,3-4,11H2,1-2H3,(H-,21,27)/p+1/b8-7+/t14-,17-,18-,20-/m1/s1. The van der Waals surface area contributed by atoms with Crippen LogP contribution in [0.3, 0.4) is 0 Å². The maximum absolute atomic E-state index is 11.8. The van der Waals surface area contributed by atoms with Gasteiger partial charge in [-0.25, -0.2) is 9.59 Å². The predicted octanol–water partition coefficient (Wildman–Crippen LogP) is -0.477. The molecule has 4 atom stereocenters. The number of amides is 1. The number of carbonyl (C=O) groups excluding carboxylic acids is 3. The Morgan fingerprint density at radius 1 is 1.20 bits per heavy atom. The lowest BCUT2D eigenvalue weighted by Crippen LogP contribution is -2.46. The van der Waals surface area contributed by atoms with Crippen LogP contribution in [0.5, 0.6) is 0 Å². The van der Waals surface area contributed by atoms with E-state index in [9.17, 15) is 24.6 Å². The second-order valence-electron chi connectivity index (χ2n) is 6.79. The Bertz CT molecular complexity index is 793. The highest BCUT2D eigenvalue weighted by atomic mass is 16.6. The number of ether oxygens (including phenoxy) is 3. The summed E-state index contributed by atoms with van der Waals surface area (Å²) in [4.78, 5) is 34.8. The van der Waals surface area contributed by atoms with E-state index in [1.54, 1.807) is 6.07 Å². The molecule has 1 fully saturated rings. The third kappa shape index (κ3) is 6.09. The highest BCUT2D eigenvalue weighted by molar-refractivity contribution is 5.92. The summed E-state index contributed by atoms with van der Waals surface area (Å²) in [5, 5.41) is 20.4. The Kier molecular flexibility index (Phi) is 8.46. The summed E-state index contributed by atoms with van der Waals surface area (Å²) in [5.74, 6) is -2.13. The fourth-order valence-corrected chi connectivity index (χ4v) is 2.92. The molecule has 1 saturated heterocycles. The largest absolute Gasteiger partial charge is 0.460 e. The third-order valence-electron chi connectivity index (χ3n) is 4.68. The topological polar surface area (TPSA) is 149 Å². The van der Waals surface area contributed by atoms with Gasteiger partial charge in [0.2, 0.25) is 0 Å². The molecule has 0 bridgehead atoms. The van der Waals surface area contributed by atoms with Crippen LogP contribution in [0.4, 0.5) is 0 Å². The molecule has 1 aromatic rings. The molecule has 10 heteroatoms. The molecule has 164 valence electrons. The van der Waals surface area contributed by atoms with Crippen molar-refractivity contribution in [1.29, 1.82) is 0 Å². The average Bonchev–Trinajstić information content (AvgIpc) is 3.03. The van der Waals surface area contributed by atoms with Gasteiger partial charge >= 0.3 is 11.9 Å². The van der Waals surface area contributed by atoms with Gasteiger partial charge in [-0.2, -0.15) is 4.57 Å². The number of esters is 2. The number of nitrogens with two attached hydrogens (primary N) is 1. The minimum atomic E-state index is -1.34. The van der Waals surface area contributed by atoms with Crippen LogP contribution in [-0.2, 0) is 23.8 Å². The minimum Gasteiger partial charge on any atom is -0.460 e. The summed E-state index contributed by atoms with van der Waals surface area (Å²) >= 11 is 0. The Labute approximate surface area is 173 Å². The Hall–Kier alpha value is -2.82. The van der Waals surface area contributed by atoms with Crippen molar-refractivity contribution in [2.75, 3.05) is 6.61 Å². The van der Waals surface area contributed by atoms with Gasteiger partial charge in [-0.3, -0.25) is 4.79 Å². The van der Waals surface area contributed by atoms with Gasteiger partial charge in [0, 0.05) is 18.2 Å². The van der Waals surface area contributed by atoms with Gasteiger partial charge in [-0.15, -0.1) is 0 Å². The molecule has 0 radical (unpaired) electrons. The van der Waals surface area contributed by atoms with Gasteiger partial charge < -0.3 is 30.2 Å². The van der Waals surface area contributed by atoms with Gasteiger partial charge in [0.1, 0.15) is 30.5 Å². The highest BCUT2D eigenvalue weighted by Crippen LogP contribution is 2.25. The molecule has 2 rings (SSSR count). The van der Waals surface area contributed by atoms with Crippen LogP contribution in [0.15, 0.2) is 36.7 Å². The molecule has 1 aliphatic heterocycles. The second kappa shape index (κ2) is 10.8. The van der Waals surface area contributed by atoms with Crippen LogP contribution < -0.4 is 10.3 Å². The third-order valence-corrected chi connectivity index (χ3v) is 4.68. The number of primary amides is 1. The first kappa shape index (κ1) is 23.5. The molecule has 10 nitrogen and oxygen atoms in total. The number of nitrogens with zero attached hydrogens (tertiary/aromatic N) is 1. The molecule has 1 aliphatic rings. The van der Waals surface area contributed by atoms with Crippen molar-refractivity contribution in [2.45, 2.75) is 57.3 Å². The van der Waals surface area contributed by atoms with Gasteiger partial charge in [0.25, 0.3) is 12.1 Å². The molecule has 4 N–H and O–H groups in total. The van der Waals surface area contributed by atoms with E-state index in [1.807, 2.05) is 13.8 Å². The molecular weight excluding hydrogens is 396 g/mol. The average molecular weight is 423 g/mol. The van der Waals surface area contributed by atoms with E-state index in [1.165, 1.54) is 23.0 Å². The van der Waals surface area contributed by atoms with E-state index in [0.29, 0.717) is 12.8 Å². The maximum Gasteiger partial charge on any atom is 0.331 e. The van der Waals surface area contributed by atoms with Crippen LogP contribution in [0.2, 0.25) is 0 Å². The van der Waals surface area contributed by atoms with Crippen molar-refractivity contribution >= 4 is 17.8 Å². The quantitative estimate of drug-likeness (QED) is 0.274. The SMILES string of the molecule is CCC(CC)OC(=O)/C=C/C(=O)OC[C@H]1O[C@@H]([n+]2cccc(C(N)=O)c2)[C@H](O)[C@@H]1O. The number of aliphatic hydroxyl groups excluding tert-OH is 2. The van der Waals surface area contributed by atoms with E-state index in [4.69, 9.17) is 19.9 Å². The summed E-state index contributed by atoms with van der Waals surface area (Å²) in [5.41, 5.74) is 5.44. The van der Waals surface area contributed by atoms with Crippen molar-refractivity contribution in [1.82, 2.24) is 0 Å². The van der Waals surface area contributed by atoms with Crippen LogP contribution in [-0.4, -0.2) is 59.1 Å². The monoisotopic (exact) mass is 423 g/mol. The molecular formula is C20H27N2O8+. The van der Waals surface area contributed by atoms with Crippen LogP contribution in [0, 0.1) is 0 Å². The normalized spacial score (nSPS) is 23.6. The van der Waals surface area contributed by atoms with Crippen LogP contribution >= 0.6 is 0 Å². The van der Waals surface area contributed by atoms with Crippen LogP contribution in [0.25, 0.3) is 0 Å². The lowest BCUT2D eigenvalue weighted by molar-refractivity contribution is -0.765. The van der Waals surface area contributed by atoms with E-state index in [-0.39, 0.29) is 18.3 Å². The number of carbonyl (C=O) groups is 3. The van der Waals surface area contributed by atoms with Crippen molar-refractivity contribution in [3.8, 4) is 0 Å². The Morgan fingerprint density at radius 2 is 1.87 bits per heavy atom. The molecule has 1 amide bonds. The van der Waals surface area contributed by atoms with E-state index in [0.717, 1.165) is 12.2 Å². The van der Waals surface area contributed by atoms with Crippen molar-refractivity contribution in [2.24, 2.45) is 5.73 Å². The Morgan fingerprint density at radius 3 is 2.50 bits per heavy atom. The molecule has 0 saturated carbocycles. The fourth-order valence-electron chi connectivity index (χ4n) is 2.92. The number of aromatic nitrogens is 1. The molecule has 2 heterocycles. The van der Waals surface area contributed by atoms with Gasteiger partial charge in [0.05, 0.1) is 0 Å². The highest BCUT2D eigenvalue weighted by Gasteiger charge is 2.48. The zero-order chi connectivity index (χ0) is 22.3. The maximum atomic E-state index is 11.8. The first-order valence-electron chi connectivity index (χ1n) is 9.64. The molecule has 0 aromatic carbocycles. The van der Waals surface area contributed by atoms with Crippen molar-refractivity contribution < 1.29 is 43.4 Å². The molecule has 0 spiro atoms. The second-order valence-corrected chi connectivity index (χ2v) is 6.79. The van der Waals surface area contributed by atoms with E-state index >= 15 is 0 Å². The Balaban J connectivity index is 1.91. The summed E-state index contributed by atoms with van der Waals surface area (Å²) < 4.78 is 17.1. The summed E-state index contributed by atoms with van der Waals surface area (Å²) in [6.45, 7) is 3.42. The lowest BCUT2D eigenvalue weighted by Gasteiger charge is -2.13. The van der Waals surface area contributed by atoms with Crippen LogP contribution in [0.1, 0.15) is 43.3 Å². The number of aliphatic hydroxyl groups is 2. The first-order chi connectivity index (χ1) is 14.3. The number of pyridine rings is 1. The first-order valence-corrected chi connectivity index (χ1v) is 9.64. The number of rotatable bonds is 9. The van der Waals surface area contributed by atoms with Crippen molar-refractivity contribution in [3.05, 3.63) is 42.2 Å². The summed E-state index contributed by atoms with van der Waals surface area (Å²) in [7, 11) is 0. The zero-order valence-electron chi connectivity index (χ0n) is 16.8. The number of hydrogen-bond donors (Lipinski definition) is 3. The van der Waals surface area contributed by atoms with Crippen molar-refractivity contribution in [3.63, 3.8) is 0 Å².